The summed E-state index contributed by atoms with van der Waals surface area (Å²) >= 11 is 0. The Morgan fingerprint density at radius 3 is 2.45 bits per heavy atom. The third kappa shape index (κ3) is 6.24. The molecule has 0 aliphatic heterocycles. The van der Waals surface area contributed by atoms with Crippen LogP contribution in [0.15, 0.2) is 0 Å². The summed E-state index contributed by atoms with van der Waals surface area (Å²) in [5.74, 6) is 0. The van der Waals surface area contributed by atoms with Crippen LogP contribution in [0.1, 0.15) is 73.1 Å². The van der Waals surface area contributed by atoms with Gasteiger partial charge in [0.25, 0.3) is 0 Å². The summed E-state index contributed by atoms with van der Waals surface area (Å²) in [4.78, 5) is 0. The molecule has 1 fully saturated rings. The highest BCUT2D eigenvalue weighted by Gasteiger charge is 2.27. The van der Waals surface area contributed by atoms with E-state index in [1.807, 2.05) is 6.92 Å². The van der Waals surface area contributed by atoms with Gasteiger partial charge in [0.2, 0.25) is 0 Å². The molecule has 0 bridgehead atoms. The molecule has 0 aromatic rings. The van der Waals surface area contributed by atoms with E-state index in [1.54, 1.807) is 0 Å². The van der Waals surface area contributed by atoms with Crippen LogP contribution in [0.2, 0.25) is 0 Å². The zero-order valence-electron chi connectivity index (χ0n) is 14.0. The molecule has 1 atom stereocenters. The lowest BCUT2D eigenvalue weighted by molar-refractivity contribution is 0.00157. The van der Waals surface area contributed by atoms with E-state index in [9.17, 15) is 5.26 Å². The lowest BCUT2D eigenvalue weighted by atomic mass is 9.76. The minimum absolute atomic E-state index is 0.334. The van der Waals surface area contributed by atoms with Gasteiger partial charge in [0.15, 0.2) is 0 Å². The zero-order chi connectivity index (χ0) is 15.2. The van der Waals surface area contributed by atoms with Crippen molar-refractivity contribution in [1.29, 1.82) is 5.26 Å². The molecule has 0 aromatic heterocycles. The largest absolute Gasteiger partial charge is 0.378 e. The Bertz CT molecular complexity index is 322. The number of hydrogen-bond donors (Lipinski definition) is 1. The van der Waals surface area contributed by atoms with Gasteiger partial charge in [0.1, 0.15) is 5.54 Å². The molecule has 3 nitrogen and oxygen atoms in total. The van der Waals surface area contributed by atoms with Crippen molar-refractivity contribution in [3.8, 4) is 6.07 Å². The van der Waals surface area contributed by atoms with Crippen molar-refractivity contribution < 1.29 is 4.74 Å². The molecule has 20 heavy (non-hydrogen) atoms. The van der Waals surface area contributed by atoms with Crippen LogP contribution in [0.3, 0.4) is 0 Å². The van der Waals surface area contributed by atoms with Gasteiger partial charge in [-0.05, 0) is 64.7 Å². The average molecular weight is 280 g/mol. The van der Waals surface area contributed by atoms with Crippen LogP contribution in [-0.2, 0) is 4.74 Å². The summed E-state index contributed by atoms with van der Waals surface area (Å²) < 4.78 is 5.98. The Balaban J connectivity index is 2.20. The molecule has 0 heterocycles. The standard InChI is InChI=1S/C17H32N2O/c1-14(2)19-17(5,13-18)9-6-12-20-15-7-10-16(3,4)11-8-15/h14-15,19H,6-12H2,1-5H3. The molecule has 3 heteroatoms. The van der Waals surface area contributed by atoms with Gasteiger partial charge in [0.05, 0.1) is 12.2 Å². The molecule has 0 radical (unpaired) electrons. The van der Waals surface area contributed by atoms with E-state index in [4.69, 9.17) is 4.74 Å². The quantitative estimate of drug-likeness (QED) is 0.716. The van der Waals surface area contributed by atoms with Gasteiger partial charge in [-0.3, -0.25) is 5.32 Å². The maximum atomic E-state index is 9.29. The summed E-state index contributed by atoms with van der Waals surface area (Å²) in [6.45, 7) is 11.6. The molecule has 1 aliphatic rings. The predicted octanol–water partition coefficient (Wildman–Crippen LogP) is 4.03. The Morgan fingerprint density at radius 2 is 1.95 bits per heavy atom. The molecular weight excluding hydrogens is 248 g/mol. The normalized spacial score (nSPS) is 22.4. The molecule has 0 amide bonds. The summed E-state index contributed by atoms with van der Waals surface area (Å²) in [5, 5.41) is 12.6. The van der Waals surface area contributed by atoms with E-state index in [0.29, 0.717) is 17.6 Å². The monoisotopic (exact) mass is 280 g/mol. The highest BCUT2D eigenvalue weighted by atomic mass is 16.5. The van der Waals surface area contributed by atoms with Crippen molar-refractivity contribution in [2.75, 3.05) is 6.61 Å². The fraction of sp³-hybridized carbons (Fsp3) is 0.941. The van der Waals surface area contributed by atoms with Crippen molar-refractivity contribution in [2.24, 2.45) is 5.41 Å². The van der Waals surface area contributed by atoms with E-state index >= 15 is 0 Å². The highest BCUT2D eigenvalue weighted by Crippen LogP contribution is 2.36. The lowest BCUT2D eigenvalue weighted by Gasteiger charge is -2.34. The molecule has 1 N–H and O–H groups in total. The second kappa shape index (κ2) is 7.43. The third-order valence-electron chi connectivity index (χ3n) is 4.31. The molecule has 0 spiro atoms. The molecule has 1 aliphatic carbocycles. The first-order valence-electron chi connectivity index (χ1n) is 8.07. The number of nitriles is 1. The second-order valence-electron chi connectivity index (χ2n) is 7.58. The Hall–Kier alpha value is -0.590. The number of nitrogens with zero attached hydrogens (tertiary/aromatic N) is 1. The van der Waals surface area contributed by atoms with Crippen LogP contribution >= 0.6 is 0 Å². The van der Waals surface area contributed by atoms with E-state index in [0.717, 1.165) is 19.4 Å². The number of nitrogens with one attached hydrogen (secondary N) is 1. The number of hydrogen-bond acceptors (Lipinski definition) is 3. The van der Waals surface area contributed by atoms with Gasteiger partial charge in [-0.15, -0.1) is 0 Å². The minimum atomic E-state index is -0.425. The lowest BCUT2D eigenvalue weighted by Crippen LogP contribution is -2.45. The summed E-state index contributed by atoms with van der Waals surface area (Å²) in [6, 6.07) is 2.73. The smallest absolute Gasteiger partial charge is 0.104 e. The van der Waals surface area contributed by atoms with Gasteiger partial charge < -0.3 is 4.74 Å². The van der Waals surface area contributed by atoms with Crippen molar-refractivity contribution in [3.63, 3.8) is 0 Å². The molecule has 1 saturated carbocycles. The molecule has 1 unspecified atom stereocenters. The highest BCUT2D eigenvalue weighted by molar-refractivity contribution is 5.04. The van der Waals surface area contributed by atoms with Crippen LogP contribution in [-0.4, -0.2) is 24.3 Å². The van der Waals surface area contributed by atoms with Crippen molar-refractivity contribution >= 4 is 0 Å². The van der Waals surface area contributed by atoms with Crippen molar-refractivity contribution in [2.45, 2.75) is 90.8 Å². The first kappa shape index (κ1) is 17.5. The fourth-order valence-electron chi connectivity index (χ4n) is 3.01. The van der Waals surface area contributed by atoms with Crippen LogP contribution in [0.25, 0.3) is 0 Å². The zero-order valence-corrected chi connectivity index (χ0v) is 14.0. The van der Waals surface area contributed by atoms with Gasteiger partial charge >= 0.3 is 0 Å². The Morgan fingerprint density at radius 1 is 1.35 bits per heavy atom. The molecular formula is C17H32N2O. The maximum absolute atomic E-state index is 9.29. The average Bonchev–Trinajstić information content (AvgIpc) is 2.35. The molecule has 116 valence electrons. The van der Waals surface area contributed by atoms with Gasteiger partial charge in [-0.2, -0.15) is 5.26 Å². The molecule has 0 saturated heterocycles. The topological polar surface area (TPSA) is 45.0 Å². The van der Waals surface area contributed by atoms with Crippen LogP contribution in [0.4, 0.5) is 0 Å². The summed E-state index contributed by atoms with van der Waals surface area (Å²) in [6.07, 6.45) is 7.14. The van der Waals surface area contributed by atoms with Crippen LogP contribution < -0.4 is 5.32 Å². The van der Waals surface area contributed by atoms with E-state index < -0.39 is 5.54 Å². The first-order chi connectivity index (χ1) is 9.26. The molecule has 0 aromatic carbocycles. The van der Waals surface area contributed by atoms with E-state index in [1.165, 1.54) is 25.7 Å². The maximum Gasteiger partial charge on any atom is 0.104 e. The van der Waals surface area contributed by atoms with Crippen LogP contribution in [0, 0.1) is 16.7 Å². The van der Waals surface area contributed by atoms with Gasteiger partial charge in [-0.1, -0.05) is 13.8 Å². The third-order valence-corrected chi connectivity index (χ3v) is 4.31. The van der Waals surface area contributed by atoms with Crippen molar-refractivity contribution in [1.82, 2.24) is 5.32 Å². The van der Waals surface area contributed by atoms with Crippen LogP contribution in [0.5, 0.6) is 0 Å². The van der Waals surface area contributed by atoms with Gasteiger partial charge in [-0.25, -0.2) is 0 Å². The van der Waals surface area contributed by atoms with Gasteiger partial charge in [0, 0.05) is 12.6 Å². The van der Waals surface area contributed by atoms with Crippen molar-refractivity contribution in [3.05, 3.63) is 0 Å². The minimum Gasteiger partial charge on any atom is -0.378 e. The van der Waals surface area contributed by atoms with E-state index in [2.05, 4.69) is 39.1 Å². The number of rotatable bonds is 7. The summed E-state index contributed by atoms with van der Waals surface area (Å²) in [7, 11) is 0. The SMILES string of the molecule is CC(C)NC(C)(C#N)CCCOC1CCC(C)(C)CC1. The predicted molar refractivity (Wildman–Crippen MR) is 83.5 cm³/mol. The fourth-order valence-corrected chi connectivity index (χ4v) is 3.01. The second-order valence-corrected chi connectivity index (χ2v) is 7.58. The Kier molecular flexibility index (Phi) is 6.48. The molecule has 1 rings (SSSR count). The first-order valence-corrected chi connectivity index (χ1v) is 8.07. The Labute approximate surface area is 125 Å². The number of ether oxygens (including phenoxy) is 1. The summed E-state index contributed by atoms with van der Waals surface area (Å²) in [5.41, 5.74) is 0.0759. The van der Waals surface area contributed by atoms with E-state index in [-0.39, 0.29) is 0 Å².